The first-order valence-corrected chi connectivity index (χ1v) is 4.69. The van der Waals surface area contributed by atoms with Gasteiger partial charge in [-0.25, -0.2) is 13.5 Å². The molecule has 84 valence electrons. The van der Waals surface area contributed by atoms with E-state index in [0.29, 0.717) is 6.29 Å². The Morgan fingerprint density at radius 1 is 1.47 bits per heavy atom. The molecule has 1 aromatic rings. The van der Waals surface area contributed by atoms with Crippen molar-refractivity contribution in [3.63, 3.8) is 0 Å². The maximum Gasteiger partial charge on any atom is 0.282 e. The molecule has 0 saturated heterocycles. The van der Waals surface area contributed by atoms with Gasteiger partial charge in [-0.1, -0.05) is 11.6 Å². The number of aldehydes is 1. The molecule has 0 N–H and O–H groups in total. The van der Waals surface area contributed by atoms with E-state index < -0.39 is 17.7 Å². The lowest BCUT2D eigenvalue weighted by molar-refractivity contribution is 0.110. The Morgan fingerprint density at radius 2 is 2.00 bits per heavy atom. The molecule has 6 heteroatoms. The van der Waals surface area contributed by atoms with Crippen LogP contribution in [0.5, 0.6) is 0 Å². The van der Waals surface area contributed by atoms with Crippen molar-refractivity contribution in [1.82, 2.24) is 9.78 Å². The van der Waals surface area contributed by atoms with Gasteiger partial charge < -0.3 is 0 Å². The van der Waals surface area contributed by atoms with E-state index in [2.05, 4.69) is 5.10 Å². The molecule has 0 aliphatic heterocycles. The molecule has 0 spiro atoms. The van der Waals surface area contributed by atoms with E-state index in [1.54, 1.807) is 20.8 Å². The van der Waals surface area contributed by atoms with Crippen LogP contribution in [0.25, 0.3) is 0 Å². The largest absolute Gasteiger partial charge is 0.298 e. The zero-order valence-corrected chi connectivity index (χ0v) is 9.35. The number of rotatable bonds is 2. The third-order valence-corrected chi connectivity index (χ3v) is 2.22. The summed E-state index contributed by atoms with van der Waals surface area (Å²) in [6.45, 7) is 5.28. The molecule has 1 rings (SSSR count). The Labute approximate surface area is 91.0 Å². The second kappa shape index (κ2) is 3.89. The molecule has 0 unspecified atom stereocenters. The summed E-state index contributed by atoms with van der Waals surface area (Å²) in [7, 11) is 0. The number of aromatic nitrogens is 2. The summed E-state index contributed by atoms with van der Waals surface area (Å²) in [6, 6.07) is 0. The smallest absolute Gasteiger partial charge is 0.282 e. The van der Waals surface area contributed by atoms with E-state index in [9.17, 15) is 13.6 Å². The van der Waals surface area contributed by atoms with Gasteiger partial charge in [-0.2, -0.15) is 5.10 Å². The van der Waals surface area contributed by atoms with Gasteiger partial charge in [0, 0.05) is 0 Å². The maximum atomic E-state index is 12.5. The summed E-state index contributed by atoms with van der Waals surface area (Å²) in [5.41, 5.74) is -1.34. The molecule has 0 aliphatic carbocycles. The van der Waals surface area contributed by atoms with Crippen molar-refractivity contribution in [2.24, 2.45) is 0 Å². The second-order valence-corrected chi connectivity index (χ2v) is 4.45. The number of alkyl halides is 2. The fourth-order valence-corrected chi connectivity index (χ4v) is 1.57. The van der Waals surface area contributed by atoms with Crippen molar-refractivity contribution in [3.8, 4) is 0 Å². The second-order valence-electron chi connectivity index (χ2n) is 4.09. The fourth-order valence-electron chi connectivity index (χ4n) is 1.14. The number of hydrogen-bond donors (Lipinski definition) is 0. The molecule has 1 heterocycles. The highest BCUT2D eigenvalue weighted by Crippen LogP contribution is 2.30. The molecule has 15 heavy (non-hydrogen) atoms. The lowest BCUT2D eigenvalue weighted by atomic mass is 10.1. The van der Waals surface area contributed by atoms with Gasteiger partial charge in [0.25, 0.3) is 6.43 Å². The topological polar surface area (TPSA) is 34.9 Å². The van der Waals surface area contributed by atoms with Gasteiger partial charge in [0.05, 0.1) is 11.1 Å². The van der Waals surface area contributed by atoms with Crippen LogP contribution in [0.2, 0.25) is 5.15 Å². The van der Waals surface area contributed by atoms with Crippen LogP contribution in [0, 0.1) is 0 Å². The maximum absolute atomic E-state index is 12.5. The first-order chi connectivity index (χ1) is 6.79. The molecule has 0 aliphatic rings. The first kappa shape index (κ1) is 12.1. The van der Waals surface area contributed by atoms with Crippen molar-refractivity contribution in [1.29, 1.82) is 0 Å². The molecule has 0 saturated carbocycles. The molecule has 0 bridgehead atoms. The number of carbonyl (C=O) groups excluding carboxylic acids is 1. The number of carbonyl (C=O) groups is 1. The normalized spacial score (nSPS) is 12.2. The Balaban J connectivity index is 3.40. The van der Waals surface area contributed by atoms with Gasteiger partial charge in [-0.05, 0) is 20.8 Å². The highest BCUT2D eigenvalue weighted by atomic mass is 35.5. The number of hydrogen-bond acceptors (Lipinski definition) is 2. The molecular formula is C9H11ClF2N2O. The lowest BCUT2D eigenvalue weighted by Gasteiger charge is -2.20. The van der Waals surface area contributed by atoms with Gasteiger partial charge in [0.2, 0.25) is 0 Å². The summed E-state index contributed by atoms with van der Waals surface area (Å²) < 4.78 is 26.2. The van der Waals surface area contributed by atoms with Crippen molar-refractivity contribution in [2.75, 3.05) is 0 Å². The monoisotopic (exact) mass is 236 g/mol. The predicted molar refractivity (Wildman–Crippen MR) is 52.6 cm³/mol. The molecule has 0 radical (unpaired) electrons. The molecule has 0 amide bonds. The SMILES string of the molecule is CC(C)(C)n1nc(C(F)F)c(C=O)c1Cl. The van der Waals surface area contributed by atoms with Crippen LogP contribution in [-0.2, 0) is 5.54 Å². The first-order valence-electron chi connectivity index (χ1n) is 4.31. The van der Waals surface area contributed by atoms with E-state index >= 15 is 0 Å². The highest BCUT2D eigenvalue weighted by Gasteiger charge is 2.27. The fraction of sp³-hybridized carbons (Fsp3) is 0.556. The van der Waals surface area contributed by atoms with Gasteiger partial charge in [0.1, 0.15) is 10.8 Å². The summed E-state index contributed by atoms with van der Waals surface area (Å²) in [4.78, 5) is 10.6. The van der Waals surface area contributed by atoms with Crippen molar-refractivity contribution >= 4 is 17.9 Å². The third kappa shape index (κ3) is 2.17. The zero-order valence-electron chi connectivity index (χ0n) is 8.59. The van der Waals surface area contributed by atoms with E-state index in [-0.39, 0.29) is 10.7 Å². The van der Waals surface area contributed by atoms with Crippen LogP contribution < -0.4 is 0 Å². The molecule has 0 atom stereocenters. The predicted octanol–water partition coefficient (Wildman–Crippen LogP) is 3.04. The molecule has 1 aromatic heterocycles. The van der Waals surface area contributed by atoms with Crippen molar-refractivity contribution in [2.45, 2.75) is 32.7 Å². The minimum Gasteiger partial charge on any atom is -0.298 e. The Hall–Kier alpha value is -0.970. The van der Waals surface area contributed by atoms with Crippen molar-refractivity contribution in [3.05, 3.63) is 16.4 Å². The third-order valence-electron chi connectivity index (χ3n) is 1.85. The summed E-state index contributed by atoms with van der Waals surface area (Å²) in [5, 5.41) is 3.61. The van der Waals surface area contributed by atoms with Gasteiger partial charge in [0.15, 0.2) is 6.29 Å². The summed E-state index contributed by atoms with van der Waals surface area (Å²) in [6.07, 6.45) is -2.50. The van der Waals surface area contributed by atoms with Gasteiger partial charge in [-0.15, -0.1) is 0 Å². The molecule has 3 nitrogen and oxygen atoms in total. The number of halogens is 3. The van der Waals surface area contributed by atoms with E-state index in [1.165, 1.54) is 4.68 Å². The lowest BCUT2D eigenvalue weighted by Crippen LogP contribution is -2.23. The van der Waals surface area contributed by atoms with Crippen LogP contribution in [0.3, 0.4) is 0 Å². The summed E-state index contributed by atoms with van der Waals surface area (Å²) >= 11 is 5.79. The quantitative estimate of drug-likeness (QED) is 0.740. The molecule has 0 fully saturated rings. The van der Waals surface area contributed by atoms with Crippen molar-refractivity contribution < 1.29 is 13.6 Å². The number of nitrogens with zero attached hydrogens (tertiary/aromatic N) is 2. The van der Waals surface area contributed by atoms with Crippen LogP contribution in [-0.4, -0.2) is 16.1 Å². The standard InChI is InChI=1S/C9H11ClF2N2O/c1-9(2,3)14-7(10)5(4-15)6(13-14)8(11)12/h4,8H,1-3H3. The van der Waals surface area contributed by atoms with E-state index in [1.807, 2.05) is 0 Å². The van der Waals surface area contributed by atoms with Crippen LogP contribution >= 0.6 is 11.6 Å². The van der Waals surface area contributed by atoms with E-state index in [0.717, 1.165) is 0 Å². The van der Waals surface area contributed by atoms with Gasteiger partial charge >= 0.3 is 0 Å². The van der Waals surface area contributed by atoms with Crippen LogP contribution in [0.15, 0.2) is 0 Å². The summed E-state index contributed by atoms with van der Waals surface area (Å²) in [5.74, 6) is 0. The average Bonchev–Trinajstić information content (AvgIpc) is 2.41. The van der Waals surface area contributed by atoms with E-state index in [4.69, 9.17) is 11.6 Å². The van der Waals surface area contributed by atoms with Crippen LogP contribution in [0.1, 0.15) is 43.2 Å². The average molecular weight is 237 g/mol. The molecular weight excluding hydrogens is 226 g/mol. The van der Waals surface area contributed by atoms with Gasteiger partial charge in [-0.3, -0.25) is 4.79 Å². The van der Waals surface area contributed by atoms with Crippen LogP contribution in [0.4, 0.5) is 8.78 Å². The Kier molecular flexibility index (Phi) is 3.13. The minimum atomic E-state index is -2.80. The molecule has 0 aromatic carbocycles. The Bertz CT molecular complexity index is 382. The highest BCUT2D eigenvalue weighted by molar-refractivity contribution is 6.32. The minimum absolute atomic E-state index is 0.0483. The zero-order chi connectivity index (χ0) is 11.8. The Morgan fingerprint density at radius 3 is 2.27 bits per heavy atom.